The third-order valence-corrected chi connectivity index (χ3v) is 3.25. The van der Waals surface area contributed by atoms with Gasteiger partial charge in [-0.3, -0.25) is 4.98 Å². The molecule has 1 N–H and O–H groups in total. The second-order valence-electron chi connectivity index (χ2n) is 4.56. The molecule has 0 aliphatic rings. The third kappa shape index (κ3) is 2.99. The van der Waals surface area contributed by atoms with Crippen molar-refractivity contribution in [2.75, 3.05) is 6.54 Å². The Balaban J connectivity index is 2.18. The Labute approximate surface area is 108 Å². The second-order valence-corrected chi connectivity index (χ2v) is 4.56. The van der Waals surface area contributed by atoms with Crippen LogP contribution in [0.4, 0.5) is 0 Å². The molecule has 0 radical (unpaired) electrons. The Morgan fingerprint density at radius 3 is 2.61 bits per heavy atom. The molecule has 96 valence electrons. The smallest absolute Gasteiger partial charge is 0.0950 e. The largest absolute Gasteiger partial charge is 0.472 e. The second kappa shape index (κ2) is 6.36. The van der Waals surface area contributed by atoms with Gasteiger partial charge in [0.1, 0.15) is 0 Å². The van der Waals surface area contributed by atoms with Crippen molar-refractivity contribution in [2.45, 2.75) is 32.2 Å². The van der Waals surface area contributed by atoms with E-state index < -0.39 is 0 Å². The Morgan fingerprint density at radius 1 is 1.22 bits per heavy atom. The number of hydrogen-bond acceptors (Lipinski definition) is 3. The van der Waals surface area contributed by atoms with Crippen LogP contribution in [0.3, 0.4) is 0 Å². The molecule has 0 spiro atoms. The Morgan fingerprint density at radius 2 is 2.00 bits per heavy atom. The molecule has 2 unspecified atom stereocenters. The minimum absolute atomic E-state index is 0.283. The fraction of sp³-hybridized carbons (Fsp3) is 0.400. The number of hydrogen-bond donors (Lipinski definition) is 1. The molecular formula is C15H20N2O. The molecule has 3 nitrogen and oxygen atoms in total. The summed E-state index contributed by atoms with van der Waals surface area (Å²) < 4.78 is 5.21. The summed E-state index contributed by atoms with van der Waals surface area (Å²) in [5.41, 5.74) is 2.49. The van der Waals surface area contributed by atoms with Crippen molar-refractivity contribution >= 4 is 0 Å². The number of nitrogens with one attached hydrogen (secondary N) is 1. The normalized spacial score (nSPS) is 14.3. The molecule has 0 saturated heterocycles. The number of furan rings is 1. The predicted octanol–water partition coefficient (Wildman–Crippen LogP) is 3.52. The maximum atomic E-state index is 5.21. The average molecular weight is 244 g/mol. The van der Waals surface area contributed by atoms with Crippen LogP contribution in [0.25, 0.3) is 0 Å². The van der Waals surface area contributed by atoms with E-state index in [1.807, 2.05) is 24.7 Å². The van der Waals surface area contributed by atoms with Crippen molar-refractivity contribution < 1.29 is 4.42 Å². The van der Waals surface area contributed by atoms with Gasteiger partial charge in [0.25, 0.3) is 0 Å². The lowest BCUT2D eigenvalue weighted by Gasteiger charge is -2.24. The van der Waals surface area contributed by atoms with Gasteiger partial charge >= 0.3 is 0 Å². The molecule has 2 aromatic rings. The van der Waals surface area contributed by atoms with E-state index in [2.05, 4.69) is 36.3 Å². The van der Waals surface area contributed by atoms with Gasteiger partial charge in [-0.05, 0) is 36.7 Å². The van der Waals surface area contributed by atoms with Gasteiger partial charge in [0.05, 0.1) is 12.5 Å². The van der Waals surface area contributed by atoms with Crippen molar-refractivity contribution in [1.82, 2.24) is 10.3 Å². The molecule has 2 heterocycles. The lowest BCUT2D eigenvalue weighted by Crippen LogP contribution is -2.26. The first kappa shape index (κ1) is 12.8. The summed E-state index contributed by atoms with van der Waals surface area (Å²) in [6.07, 6.45) is 8.37. The van der Waals surface area contributed by atoms with Gasteiger partial charge in [-0.25, -0.2) is 0 Å². The number of pyridine rings is 1. The van der Waals surface area contributed by atoms with Crippen LogP contribution < -0.4 is 5.32 Å². The minimum Gasteiger partial charge on any atom is -0.472 e. The van der Waals surface area contributed by atoms with Gasteiger partial charge in [0.15, 0.2) is 0 Å². The highest BCUT2D eigenvalue weighted by molar-refractivity contribution is 5.23. The van der Waals surface area contributed by atoms with Crippen molar-refractivity contribution in [2.24, 2.45) is 0 Å². The lowest BCUT2D eigenvalue weighted by atomic mass is 9.90. The number of aromatic nitrogens is 1. The summed E-state index contributed by atoms with van der Waals surface area (Å²) in [5.74, 6) is 0.386. The van der Waals surface area contributed by atoms with Gasteiger partial charge in [0.2, 0.25) is 0 Å². The Hall–Kier alpha value is -1.61. The van der Waals surface area contributed by atoms with Gasteiger partial charge in [-0.15, -0.1) is 0 Å². The van der Waals surface area contributed by atoms with Gasteiger partial charge in [-0.1, -0.05) is 13.8 Å². The van der Waals surface area contributed by atoms with Crippen LogP contribution in [0.5, 0.6) is 0 Å². The molecule has 18 heavy (non-hydrogen) atoms. The fourth-order valence-corrected chi connectivity index (χ4v) is 2.19. The molecule has 0 aliphatic carbocycles. The molecule has 3 heteroatoms. The van der Waals surface area contributed by atoms with E-state index in [1.54, 1.807) is 6.26 Å². The van der Waals surface area contributed by atoms with Crippen LogP contribution >= 0.6 is 0 Å². The number of nitrogens with zero attached hydrogens (tertiary/aromatic N) is 1. The topological polar surface area (TPSA) is 38.1 Å². The maximum Gasteiger partial charge on any atom is 0.0950 e. The summed E-state index contributed by atoms with van der Waals surface area (Å²) >= 11 is 0. The van der Waals surface area contributed by atoms with E-state index in [0.717, 1.165) is 13.0 Å². The zero-order valence-corrected chi connectivity index (χ0v) is 11.0. The summed E-state index contributed by atoms with van der Waals surface area (Å²) in [4.78, 5) is 4.07. The molecule has 0 bridgehead atoms. The molecule has 2 rings (SSSR count). The van der Waals surface area contributed by atoms with Crippen molar-refractivity contribution in [3.05, 3.63) is 54.2 Å². The van der Waals surface area contributed by atoms with E-state index in [9.17, 15) is 0 Å². The van der Waals surface area contributed by atoms with E-state index in [1.165, 1.54) is 11.1 Å². The third-order valence-electron chi connectivity index (χ3n) is 3.25. The number of rotatable bonds is 6. The van der Waals surface area contributed by atoms with Gasteiger partial charge < -0.3 is 9.73 Å². The van der Waals surface area contributed by atoms with Gasteiger partial charge in [-0.2, -0.15) is 0 Å². The molecule has 0 saturated carbocycles. The zero-order chi connectivity index (χ0) is 12.8. The molecule has 2 aromatic heterocycles. The summed E-state index contributed by atoms with van der Waals surface area (Å²) in [6, 6.07) is 6.47. The van der Waals surface area contributed by atoms with Crippen molar-refractivity contribution in [3.63, 3.8) is 0 Å². The highest BCUT2D eigenvalue weighted by Crippen LogP contribution is 2.30. The van der Waals surface area contributed by atoms with E-state index in [4.69, 9.17) is 4.42 Å². The van der Waals surface area contributed by atoms with Crippen LogP contribution in [0.15, 0.2) is 47.5 Å². The first-order valence-corrected chi connectivity index (χ1v) is 6.48. The zero-order valence-electron chi connectivity index (χ0n) is 11.0. The average Bonchev–Trinajstić information content (AvgIpc) is 2.94. The monoisotopic (exact) mass is 244 g/mol. The van der Waals surface area contributed by atoms with Crippen LogP contribution in [-0.4, -0.2) is 11.5 Å². The van der Waals surface area contributed by atoms with E-state index >= 15 is 0 Å². The van der Waals surface area contributed by atoms with Gasteiger partial charge in [0, 0.05) is 29.9 Å². The standard InChI is InChI=1S/C15H20N2O/c1-3-7-17-15(14-6-10-18-11-14)12(2)13-4-8-16-9-5-13/h4-6,8-12,15,17H,3,7H2,1-2H3. The van der Waals surface area contributed by atoms with Crippen LogP contribution in [-0.2, 0) is 0 Å². The molecule has 0 amide bonds. The fourth-order valence-electron chi connectivity index (χ4n) is 2.19. The Bertz CT molecular complexity index is 439. The molecule has 0 fully saturated rings. The maximum absolute atomic E-state index is 5.21. The predicted molar refractivity (Wildman–Crippen MR) is 72.4 cm³/mol. The van der Waals surface area contributed by atoms with E-state index in [0.29, 0.717) is 5.92 Å². The summed E-state index contributed by atoms with van der Waals surface area (Å²) in [5, 5.41) is 3.59. The molecule has 0 aliphatic heterocycles. The van der Waals surface area contributed by atoms with Crippen LogP contribution in [0.1, 0.15) is 43.4 Å². The summed E-state index contributed by atoms with van der Waals surface area (Å²) in [6.45, 7) is 5.41. The molecule has 2 atom stereocenters. The van der Waals surface area contributed by atoms with Crippen LogP contribution in [0.2, 0.25) is 0 Å². The molecule has 0 aromatic carbocycles. The summed E-state index contributed by atoms with van der Waals surface area (Å²) in [7, 11) is 0. The SMILES string of the molecule is CCCNC(c1ccoc1)C(C)c1ccncc1. The van der Waals surface area contributed by atoms with Crippen molar-refractivity contribution in [1.29, 1.82) is 0 Å². The lowest BCUT2D eigenvalue weighted by molar-refractivity contribution is 0.459. The van der Waals surface area contributed by atoms with Crippen molar-refractivity contribution in [3.8, 4) is 0 Å². The first-order valence-electron chi connectivity index (χ1n) is 6.48. The molecular weight excluding hydrogens is 224 g/mol. The Kier molecular flexibility index (Phi) is 4.53. The van der Waals surface area contributed by atoms with Crippen LogP contribution in [0, 0.1) is 0 Å². The quantitative estimate of drug-likeness (QED) is 0.845. The van der Waals surface area contributed by atoms with E-state index in [-0.39, 0.29) is 6.04 Å². The first-order chi connectivity index (χ1) is 8.83. The highest BCUT2D eigenvalue weighted by Gasteiger charge is 2.20. The minimum atomic E-state index is 0.283. The highest BCUT2D eigenvalue weighted by atomic mass is 16.3.